The quantitative estimate of drug-likeness (QED) is 0.732. The van der Waals surface area contributed by atoms with Crippen LogP contribution in [-0.4, -0.2) is 27.7 Å². The first kappa shape index (κ1) is 21.8. The van der Waals surface area contributed by atoms with Gasteiger partial charge in [-0.2, -0.15) is 0 Å². The van der Waals surface area contributed by atoms with E-state index in [-0.39, 0.29) is 17.0 Å². The van der Waals surface area contributed by atoms with Crippen molar-refractivity contribution in [3.63, 3.8) is 0 Å². The third-order valence-electron chi connectivity index (χ3n) is 4.24. The van der Waals surface area contributed by atoms with Gasteiger partial charge in [-0.15, -0.1) is 0 Å². The standard InChI is InChI=1S/C21H28N2O4S/c1-21(2,3)16-9-6-15(7-10-16)8-13-20(24)22-17-11-12-19(27-4)18(14-17)23-28(5,25)26/h6-7,9-12,14,23H,8,13H2,1-5H3,(H,22,24). The van der Waals surface area contributed by atoms with Crippen molar-refractivity contribution in [2.45, 2.75) is 39.0 Å². The number of anilines is 2. The fourth-order valence-corrected chi connectivity index (χ4v) is 3.28. The molecule has 152 valence electrons. The lowest BCUT2D eigenvalue weighted by Gasteiger charge is -2.19. The molecule has 0 atom stereocenters. The molecule has 0 aromatic heterocycles. The number of hydrogen-bond donors (Lipinski definition) is 2. The van der Waals surface area contributed by atoms with Crippen LogP contribution < -0.4 is 14.8 Å². The van der Waals surface area contributed by atoms with Crippen LogP contribution in [0, 0.1) is 0 Å². The van der Waals surface area contributed by atoms with Crippen LogP contribution in [0.1, 0.15) is 38.3 Å². The van der Waals surface area contributed by atoms with E-state index in [2.05, 4.69) is 55.1 Å². The third-order valence-corrected chi connectivity index (χ3v) is 4.83. The van der Waals surface area contributed by atoms with Crippen molar-refractivity contribution < 1.29 is 17.9 Å². The topological polar surface area (TPSA) is 84.5 Å². The summed E-state index contributed by atoms with van der Waals surface area (Å²) in [6.45, 7) is 6.49. The molecule has 6 nitrogen and oxygen atoms in total. The summed E-state index contributed by atoms with van der Waals surface area (Å²) in [5.41, 5.74) is 3.23. The number of nitrogens with one attached hydrogen (secondary N) is 2. The SMILES string of the molecule is COc1ccc(NC(=O)CCc2ccc(C(C)(C)C)cc2)cc1NS(C)(=O)=O. The second kappa shape index (κ2) is 8.65. The lowest BCUT2D eigenvalue weighted by atomic mass is 9.86. The average molecular weight is 405 g/mol. The molecule has 0 saturated heterocycles. The molecule has 0 saturated carbocycles. The summed E-state index contributed by atoms with van der Waals surface area (Å²) in [5.74, 6) is 0.234. The fraction of sp³-hybridized carbons (Fsp3) is 0.381. The Morgan fingerprint density at radius 2 is 1.71 bits per heavy atom. The minimum atomic E-state index is -3.46. The van der Waals surface area contributed by atoms with Gasteiger partial charge in [-0.3, -0.25) is 9.52 Å². The highest BCUT2D eigenvalue weighted by atomic mass is 32.2. The largest absolute Gasteiger partial charge is 0.495 e. The van der Waals surface area contributed by atoms with Crippen molar-refractivity contribution in [3.05, 3.63) is 53.6 Å². The van der Waals surface area contributed by atoms with Gasteiger partial charge in [0.15, 0.2) is 0 Å². The van der Waals surface area contributed by atoms with E-state index >= 15 is 0 Å². The maximum absolute atomic E-state index is 12.3. The van der Waals surface area contributed by atoms with Gasteiger partial charge in [-0.1, -0.05) is 45.0 Å². The summed E-state index contributed by atoms with van der Waals surface area (Å²) in [6, 6.07) is 13.1. The Balaban J connectivity index is 2.00. The van der Waals surface area contributed by atoms with Crippen molar-refractivity contribution in [2.24, 2.45) is 0 Å². The zero-order valence-corrected chi connectivity index (χ0v) is 17.8. The molecule has 0 radical (unpaired) electrons. The van der Waals surface area contributed by atoms with Gasteiger partial charge in [-0.25, -0.2) is 8.42 Å². The van der Waals surface area contributed by atoms with Crippen molar-refractivity contribution >= 4 is 27.3 Å². The van der Waals surface area contributed by atoms with Crippen LogP contribution in [0.2, 0.25) is 0 Å². The predicted molar refractivity (Wildman–Crippen MR) is 114 cm³/mol. The molecule has 28 heavy (non-hydrogen) atoms. The summed E-state index contributed by atoms with van der Waals surface area (Å²) in [4.78, 5) is 12.3. The number of hydrogen-bond acceptors (Lipinski definition) is 4. The van der Waals surface area contributed by atoms with Crippen LogP contribution in [0.15, 0.2) is 42.5 Å². The number of amides is 1. The van der Waals surface area contributed by atoms with Gasteiger partial charge in [0.05, 0.1) is 19.1 Å². The van der Waals surface area contributed by atoms with E-state index in [4.69, 9.17) is 4.74 Å². The highest BCUT2D eigenvalue weighted by Crippen LogP contribution is 2.28. The number of aryl methyl sites for hydroxylation is 1. The van der Waals surface area contributed by atoms with Gasteiger partial charge in [0.1, 0.15) is 5.75 Å². The Bertz CT molecular complexity index is 930. The monoisotopic (exact) mass is 404 g/mol. The number of benzene rings is 2. The van der Waals surface area contributed by atoms with Crippen LogP contribution in [-0.2, 0) is 26.7 Å². The van der Waals surface area contributed by atoms with E-state index in [0.29, 0.717) is 24.3 Å². The normalized spacial score (nSPS) is 11.8. The Morgan fingerprint density at radius 3 is 2.25 bits per heavy atom. The number of carbonyl (C=O) groups excluding carboxylic acids is 1. The van der Waals surface area contributed by atoms with Crippen LogP contribution in [0.4, 0.5) is 11.4 Å². The van der Waals surface area contributed by atoms with Gasteiger partial charge in [0.25, 0.3) is 0 Å². The molecule has 2 aromatic carbocycles. The molecule has 0 fully saturated rings. The molecule has 0 bridgehead atoms. The second-order valence-electron chi connectivity index (χ2n) is 7.78. The summed E-state index contributed by atoms with van der Waals surface area (Å²) in [7, 11) is -2.01. The van der Waals surface area contributed by atoms with Crippen molar-refractivity contribution in [3.8, 4) is 5.75 Å². The van der Waals surface area contributed by atoms with Crippen LogP contribution in [0.25, 0.3) is 0 Å². The van der Waals surface area contributed by atoms with Crippen LogP contribution in [0.5, 0.6) is 5.75 Å². The van der Waals surface area contributed by atoms with Gasteiger partial charge in [0, 0.05) is 12.1 Å². The van der Waals surface area contributed by atoms with E-state index in [9.17, 15) is 13.2 Å². The molecule has 1 amide bonds. The van der Waals surface area contributed by atoms with E-state index in [1.54, 1.807) is 12.1 Å². The van der Waals surface area contributed by atoms with E-state index in [1.165, 1.54) is 18.7 Å². The molecule has 2 aromatic rings. The number of ether oxygens (including phenoxy) is 1. The molecule has 0 unspecified atom stereocenters. The van der Waals surface area contributed by atoms with Gasteiger partial charge >= 0.3 is 0 Å². The number of rotatable bonds is 7. The predicted octanol–water partition coefficient (Wildman–Crippen LogP) is 3.94. The summed E-state index contributed by atoms with van der Waals surface area (Å²) >= 11 is 0. The third kappa shape index (κ3) is 6.56. The van der Waals surface area contributed by atoms with Crippen LogP contribution >= 0.6 is 0 Å². The molecular formula is C21H28N2O4S. The molecule has 2 N–H and O–H groups in total. The molecule has 0 spiro atoms. The summed E-state index contributed by atoms with van der Waals surface area (Å²) in [6.07, 6.45) is 2.01. The van der Waals surface area contributed by atoms with Crippen LogP contribution in [0.3, 0.4) is 0 Å². The van der Waals surface area contributed by atoms with E-state index in [1.807, 2.05) is 0 Å². The molecule has 0 aliphatic rings. The molecular weight excluding hydrogens is 376 g/mol. The smallest absolute Gasteiger partial charge is 0.229 e. The zero-order chi connectivity index (χ0) is 20.9. The summed E-state index contributed by atoms with van der Waals surface area (Å²) < 4.78 is 30.5. The number of methoxy groups -OCH3 is 1. The van der Waals surface area contributed by atoms with Crippen molar-refractivity contribution in [1.82, 2.24) is 0 Å². The molecule has 0 heterocycles. The van der Waals surface area contributed by atoms with Gasteiger partial charge in [0.2, 0.25) is 15.9 Å². The van der Waals surface area contributed by atoms with E-state index in [0.717, 1.165) is 11.8 Å². The van der Waals surface area contributed by atoms with Gasteiger partial charge < -0.3 is 10.1 Å². The zero-order valence-electron chi connectivity index (χ0n) is 17.0. The molecule has 2 rings (SSSR count). The lowest BCUT2D eigenvalue weighted by molar-refractivity contribution is -0.116. The first-order valence-corrected chi connectivity index (χ1v) is 10.9. The molecule has 0 aliphatic heterocycles. The molecule has 7 heteroatoms. The van der Waals surface area contributed by atoms with Gasteiger partial charge in [-0.05, 0) is 41.2 Å². The number of carbonyl (C=O) groups is 1. The Kier molecular flexibility index (Phi) is 6.72. The lowest BCUT2D eigenvalue weighted by Crippen LogP contribution is -2.14. The first-order chi connectivity index (χ1) is 13.0. The first-order valence-electron chi connectivity index (χ1n) is 9.03. The fourth-order valence-electron chi connectivity index (χ4n) is 2.72. The minimum absolute atomic E-state index is 0.0992. The minimum Gasteiger partial charge on any atom is -0.495 e. The number of sulfonamides is 1. The molecule has 0 aliphatic carbocycles. The van der Waals surface area contributed by atoms with Crippen molar-refractivity contribution in [1.29, 1.82) is 0 Å². The van der Waals surface area contributed by atoms with Crippen molar-refractivity contribution in [2.75, 3.05) is 23.4 Å². The summed E-state index contributed by atoms with van der Waals surface area (Å²) in [5, 5.41) is 2.80. The van der Waals surface area contributed by atoms with E-state index < -0.39 is 10.0 Å². The maximum Gasteiger partial charge on any atom is 0.229 e. The average Bonchev–Trinajstić information content (AvgIpc) is 2.58. The Morgan fingerprint density at radius 1 is 1.07 bits per heavy atom. The Hall–Kier alpha value is -2.54. The Labute approximate surface area is 167 Å². The maximum atomic E-state index is 12.3. The highest BCUT2D eigenvalue weighted by Gasteiger charge is 2.13. The second-order valence-corrected chi connectivity index (χ2v) is 9.53. The highest BCUT2D eigenvalue weighted by molar-refractivity contribution is 7.92.